The predicted molar refractivity (Wildman–Crippen MR) is 19.9 cm³/mol. The van der Waals surface area contributed by atoms with Crippen LogP contribution in [0.4, 0.5) is 0 Å². The van der Waals surface area contributed by atoms with Gasteiger partial charge in [-0.3, -0.25) is 0 Å². The molecular formula is C4H4O3-2. The zero-order valence-corrected chi connectivity index (χ0v) is 3.50. The van der Waals surface area contributed by atoms with Crippen molar-refractivity contribution in [3.8, 4) is 0 Å². The highest BCUT2D eigenvalue weighted by atomic mass is 16.5. The summed E-state index contributed by atoms with van der Waals surface area (Å²) in [6, 6.07) is 0. The molecule has 0 aliphatic rings. The number of hydrogen-bond donors (Lipinski definition) is 1. The molecule has 40 valence electrons. The van der Waals surface area contributed by atoms with Gasteiger partial charge in [0.15, 0.2) is 0 Å². The van der Waals surface area contributed by atoms with Gasteiger partial charge in [-0.15, -0.1) is 6.26 Å². The number of aliphatic hydroxyl groups is 1. The zero-order valence-electron chi connectivity index (χ0n) is 3.50. The average Bonchev–Trinajstić information content (AvgIpc) is 1.61. The van der Waals surface area contributed by atoms with Crippen LogP contribution >= 0.6 is 0 Å². The van der Waals surface area contributed by atoms with E-state index in [0.29, 0.717) is 6.26 Å². The molecule has 0 unspecified atom stereocenters. The number of aliphatic hydroxyl groups excluding tert-OH is 1. The summed E-state index contributed by atoms with van der Waals surface area (Å²) >= 11 is 0. The number of allylic oxidation sites excluding steroid dienone is 2. The van der Waals surface area contributed by atoms with Gasteiger partial charge in [0.2, 0.25) is 0 Å². The molecule has 7 heavy (non-hydrogen) atoms. The van der Waals surface area contributed by atoms with E-state index in [-0.39, 0.29) is 0 Å². The summed E-state index contributed by atoms with van der Waals surface area (Å²) in [5, 5.41) is 26.7. The lowest BCUT2D eigenvalue weighted by Crippen LogP contribution is -2.00. The first-order valence-electron chi connectivity index (χ1n) is 1.62. The Labute approximate surface area is 40.8 Å². The quantitative estimate of drug-likeness (QED) is 0.326. The third kappa shape index (κ3) is 4.88. The fraction of sp³-hybridized carbons (Fsp3) is 0. The van der Waals surface area contributed by atoms with Crippen molar-refractivity contribution in [3.63, 3.8) is 0 Å². The van der Waals surface area contributed by atoms with Crippen molar-refractivity contribution < 1.29 is 15.3 Å². The maximum Gasteiger partial charge on any atom is 0.0482 e. The predicted octanol–water partition coefficient (Wildman–Crippen LogP) is -1.38. The maximum absolute atomic E-state index is 9.51. The highest BCUT2D eigenvalue weighted by Gasteiger charge is 1.58. The van der Waals surface area contributed by atoms with E-state index in [1.807, 2.05) is 0 Å². The highest BCUT2D eigenvalue weighted by Crippen LogP contribution is 1.72. The largest absolute Gasteiger partial charge is 0.878 e. The lowest BCUT2D eigenvalue weighted by molar-refractivity contribution is -0.348. The third-order valence-corrected chi connectivity index (χ3v) is 0.317. The van der Waals surface area contributed by atoms with Crippen LogP contribution in [0.25, 0.3) is 0 Å². The van der Waals surface area contributed by atoms with Gasteiger partial charge >= 0.3 is 0 Å². The van der Waals surface area contributed by atoms with Crippen LogP contribution in [0.5, 0.6) is 0 Å². The van der Waals surface area contributed by atoms with Crippen molar-refractivity contribution in [1.82, 2.24) is 0 Å². The molecular weight excluding hydrogens is 96.0 g/mol. The van der Waals surface area contributed by atoms with Crippen molar-refractivity contribution in [2.24, 2.45) is 0 Å². The smallest absolute Gasteiger partial charge is 0.0482 e. The van der Waals surface area contributed by atoms with Crippen LogP contribution < -0.4 is 10.2 Å². The Balaban J connectivity index is 3.46. The molecule has 0 amide bonds. The third-order valence-electron chi connectivity index (χ3n) is 0.317. The second kappa shape index (κ2) is 3.08. The fourth-order valence-electron chi connectivity index (χ4n) is 0.122. The minimum absolute atomic E-state index is 0.411. The molecule has 0 spiro atoms. The molecule has 0 rings (SSSR count). The molecule has 0 heterocycles. The molecule has 0 saturated carbocycles. The van der Waals surface area contributed by atoms with Crippen LogP contribution in [0.15, 0.2) is 24.4 Å². The molecule has 0 aromatic carbocycles. The maximum atomic E-state index is 9.51. The summed E-state index contributed by atoms with van der Waals surface area (Å²) in [4.78, 5) is 0. The Morgan fingerprint density at radius 1 is 1.57 bits per heavy atom. The molecule has 0 bridgehead atoms. The van der Waals surface area contributed by atoms with Crippen molar-refractivity contribution >= 4 is 0 Å². The molecule has 0 fully saturated rings. The minimum atomic E-state index is -1.10. The summed E-state index contributed by atoms with van der Waals surface area (Å²) in [6.45, 7) is 0. The number of rotatable bonds is 1. The SMILES string of the molecule is [O-]C=CC=C([O-])O. The lowest BCUT2D eigenvalue weighted by Gasteiger charge is -1.92. The highest BCUT2D eigenvalue weighted by molar-refractivity contribution is 4.96. The van der Waals surface area contributed by atoms with Gasteiger partial charge in [0.1, 0.15) is 0 Å². The summed E-state index contributed by atoms with van der Waals surface area (Å²) < 4.78 is 0. The fourth-order valence-corrected chi connectivity index (χ4v) is 0.122. The minimum Gasteiger partial charge on any atom is -0.878 e. The van der Waals surface area contributed by atoms with Gasteiger partial charge < -0.3 is 15.3 Å². The Bertz CT molecular complexity index is 89.1. The Kier molecular flexibility index (Phi) is 2.59. The van der Waals surface area contributed by atoms with Crippen LogP contribution in [-0.2, 0) is 0 Å². The van der Waals surface area contributed by atoms with Gasteiger partial charge in [-0.05, 0) is 6.08 Å². The molecule has 0 aromatic heterocycles. The topological polar surface area (TPSA) is 66.3 Å². The average molecular weight is 100 g/mol. The lowest BCUT2D eigenvalue weighted by atomic mass is 10.6. The van der Waals surface area contributed by atoms with E-state index in [9.17, 15) is 10.2 Å². The molecule has 3 heteroatoms. The van der Waals surface area contributed by atoms with Crippen LogP contribution in [-0.4, -0.2) is 5.11 Å². The van der Waals surface area contributed by atoms with E-state index in [4.69, 9.17) is 5.11 Å². The van der Waals surface area contributed by atoms with Gasteiger partial charge in [0.25, 0.3) is 0 Å². The molecule has 0 aliphatic heterocycles. The van der Waals surface area contributed by atoms with Crippen LogP contribution in [0.1, 0.15) is 0 Å². The Hall–Kier alpha value is -1.12. The first kappa shape index (κ1) is 5.88. The summed E-state index contributed by atoms with van der Waals surface area (Å²) in [5.41, 5.74) is 0. The monoisotopic (exact) mass is 100 g/mol. The van der Waals surface area contributed by atoms with E-state index in [1.54, 1.807) is 0 Å². The first-order valence-corrected chi connectivity index (χ1v) is 1.62. The van der Waals surface area contributed by atoms with E-state index >= 15 is 0 Å². The Morgan fingerprint density at radius 3 is 2.29 bits per heavy atom. The summed E-state index contributed by atoms with van der Waals surface area (Å²) in [6.07, 6.45) is 2.10. The molecule has 0 radical (unpaired) electrons. The van der Waals surface area contributed by atoms with Crippen LogP contribution in [0, 0.1) is 0 Å². The van der Waals surface area contributed by atoms with Crippen molar-refractivity contribution in [3.05, 3.63) is 24.4 Å². The molecule has 0 saturated heterocycles. The molecule has 0 aromatic rings. The van der Waals surface area contributed by atoms with Gasteiger partial charge in [0, 0.05) is 5.95 Å². The first-order chi connectivity index (χ1) is 3.27. The summed E-state index contributed by atoms with van der Waals surface area (Å²) in [5.74, 6) is -1.10. The van der Waals surface area contributed by atoms with E-state index in [0.717, 1.165) is 12.2 Å². The molecule has 3 nitrogen and oxygen atoms in total. The summed E-state index contributed by atoms with van der Waals surface area (Å²) in [7, 11) is 0. The number of hydrogen-bond acceptors (Lipinski definition) is 3. The van der Waals surface area contributed by atoms with Gasteiger partial charge in [-0.1, -0.05) is 6.08 Å². The van der Waals surface area contributed by atoms with Gasteiger partial charge in [0.05, 0.1) is 0 Å². The van der Waals surface area contributed by atoms with Gasteiger partial charge in [-0.2, -0.15) is 0 Å². The Morgan fingerprint density at radius 2 is 2.14 bits per heavy atom. The zero-order chi connectivity index (χ0) is 5.70. The molecule has 0 aliphatic carbocycles. The molecule has 1 N–H and O–H groups in total. The second-order valence-corrected chi connectivity index (χ2v) is 0.833. The van der Waals surface area contributed by atoms with Crippen molar-refractivity contribution in [1.29, 1.82) is 0 Å². The second-order valence-electron chi connectivity index (χ2n) is 0.833. The standard InChI is InChI=1S/C4H6O3/c5-3-1-2-4(6)7/h1-3,5-7H/p-2. The van der Waals surface area contributed by atoms with Crippen LogP contribution in [0.2, 0.25) is 0 Å². The van der Waals surface area contributed by atoms with Gasteiger partial charge in [-0.25, -0.2) is 0 Å². The van der Waals surface area contributed by atoms with Crippen LogP contribution in [0.3, 0.4) is 0 Å². The van der Waals surface area contributed by atoms with E-state index in [1.165, 1.54) is 0 Å². The van der Waals surface area contributed by atoms with Crippen molar-refractivity contribution in [2.45, 2.75) is 0 Å². The normalized spacial score (nSPS) is 12.9. The van der Waals surface area contributed by atoms with E-state index in [2.05, 4.69) is 0 Å². The molecule has 0 atom stereocenters. The van der Waals surface area contributed by atoms with Crippen molar-refractivity contribution in [2.75, 3.05) is 0 Å². The van der Waals surface area contributed by atoms with E-state index < -0.39 is 5.95 Å².